The summed E-state index contributed by atoms with van der Waals surface area (Å²) < 4.78 is 5.47. The van der Waals surface area contributed by atoms with Crippen LogP contribution in [-0.2, 0) is 13.0 Å². The topological polar surface area (TPSA) is 63.0 Å². The number of hydrogen-bond acceptors (Lipinski definition) is 5. The molecule has 2 N–H and O–H groups in total. The van der Waals surface area contributed by atoms with Crippen LogP contribution in [0.25, 0.3) is 0 Å². The van der Waals surface area contributed by atoms with Gasteiger partial charge < -0.3 is 15.1 Å². The molecule has 0 aliphatic carbocycles. The second-order valence-corrected chi connectivity index (χ2v) is 4.06. The van der Waals surface area contributed by atoms with Crippen molar-refractivity contribution >= 4 is 11.7 Å². The highest BCUT2D eigenvalue weighted by Gasteiger charge is 2.07. The number of benzene rings is 1. The minimum absolute atomic E-state index is 0.434. The van der Waals surface area contributed by atoms with E-state index in [9.17, 15) is 0 Å². The quantitative estimate of drug-likeness (QED) is 0.820. The highest BCUT2D eigenvalue weighted by Crippen LogP contribution is 2.21. The first-order valence-electron chi connectivity index (χ1n) is 6.15. The molecule has 5 heteroatoms. The second kappa shape index (κ2) is 6.16. The second-order valence-electron chi connectivity index (χ2n) is 4.06. The summed E-state index contributed by atoms with van der Waals surface area (Å²) in [5.74, 6) is 0.577. The van der Waals surface area contributed by atoms with Gasteiger partial charge >= 0.3 is 6.01 Å². The van der Waals surface area contributed by atoms with E-state index >= 15 is 0 Å². The summed E-state index contributed by atoms with van der Waals surface area (Å²) in [6.07, 6.45) is 2.13. The average molecular weight is 246 g/mol. The average Bonchev–Trinajstić information content (AvgIpc) is 2.80. The van der Waals surface area contributed by atoms with Crippen LogP contribution >= 0.6 is 0 Å². The van der Waals surface area contributed by atoms with Crippen LogP contribution < -0.4 is 10.6 Å². The summed E-state index contributed by atoms with van der Waals surface area (Å²) in [4.78, 5) is 0. The van der Waals surface area contributed by atoms with Gasteiger partial charge in [0.25, 0.3) is 0 Å². The molecular formula is C13H18N4O. The fraction of sp³-hybridized carbons (Fsp3) is 0.385. The molecule has 0 fully saturated rings. The lowest BCUT2D eigenvalue weighted by molar-refractivity contribution is 0.493. The minimum atomic E-state index is 0.434. The van der Waals surface area contributed by atoms with Crippen molar-refractivity contribution in [2.24, 2.45) is 0 Å². The molecule has 0 aliphatic rings. The Morgan fingerprint density at radius 2 is 2.06 bits per heavy atom. The molecule has 1 aromatic carbocycles. The Morgan fingerprint density at radius 1 is 1.22 bits per heavy atom. The Bertz CT molecular complexity index is 495. The van der Waals surface area contributed by atoms with Gasteiger partial charge in [-0.05, 0) is 25.1 Å². The molecule has 5 nitrogen and oxygen atoms in total. The molecule has 0 saturated carbocycles. The Balaban J connectivity index is 2.12. The Morgan fingerprint density at radius 3 is 2.83 bits per heavy atom. The molecule has 2 rings (SSSR count). The van der Waals surface area contributed by atoms with Crippen LogP contribution in [0, 0.1) is 0 Å². The van der Waals surface area contributed by atoms with Gasteiger partial charge in [0.15, 0.2) is 0 Å². The lowest BCUT2D eigenvalue weighted by atomic mass is 10.1. The number of para-hydroxylation sites is 1. The molecule has 1 aromatic heterocycles. The summed E-state index contributed by atoms with van der Waals surface area (Å²) in [6, 6.07) is 8.59. The Labute approximate surface area is 107 Å². The van der Waals surface area contributed by atoms with E-state index in [1.165, 1.54) is 5.56 Å². The van der Waals surface area contributed by atoms with Crippen molar-refractivity contribution in [3.8, 4) is 0 Å². The normalized spacial score (nSPS) is 10.6. The molecule has 0 aliphatic heterocycles. The van der Waals surface area contributed by atoms with Gasteiger partial charge in [0.2, 0.25) is 5.89 Å². The maximum Gasteiger partial charge on any atom is 0.320 e. The summed E-state index contributed by atoms with van der Waals surface area (Å²) in [6.45, 7) is 2.74. The number of hydrogen-bond donors (Lipinski definition) is 2. The van der Waals surface area contributed by atoms with Crippen LogP contribution in [-0.4, -0.2) is 17.2 Å². The largest absolute Gasteiger partial charge is 0.406 e. The predicted octanol–water partition coefficient (Wildman–Crippen LogP) is 2.49. The van der Waals surface area contributed by atoms with E-state index in [-0.39, 0.29) is 0 Å². The summed E-state index contributed by atoms with van der Waals surface area (Å²) in [5.41, 5.74) is 2.28. The number of anilines is 2. The third kappa shape index (κ3) is 3.07. The highest BCUT2D eigenvalue weighted by molar-refractivity contribution is 5.57. The van der Waals surface area contributed by atoms with Crippen LogP contribution in [0.2, 0.25) is 0 Å². The first-order chi connectivity index (χ1) is 8.83. The summed E-state index contributed by atoms with van der Waals surface area (Å²) >= 11 is 0. The summed E-state index contributed by atoms with van der Waals surface area (Å²) in [5, 5.41) is 14.0. The van der Waals surface area contributed by atoms with Gasteiger partial charge in [-0.25, -0.2) is 0 Å². The molecule has 96 valence electrons. The van der Waals surface area contributed by atoms with E-state index in [1.54, 1.807) is 0 Å². The zero-order chi connectivity index (χ0) is 12.8. The van der Waals surface area contributed by atoms with Crippen LogP contribution in [0.1, 0.15) is 24.8 Å². The molecule has 0 bridgehead atoms. The smallest absolute Gasteiger partial charge is 0.320 e. The number of aryl methyl sites for hydroxylation is 1. The number of nitrogens with zero attached hydrogens (tertiary/aromatic N) is 2. The molecule has 0 radical (unpaired) electrons. The zero-order valence-corrected chi connectivity index (χ0v) is 10.7. The lowest BCUT2D eigenvalue weighted by Crippen LogP contribution is -2.04. The van der Waals surface area contributed by atoms with Crippen molar-refractivity contribution < 1.29 is 4.42 Å². The van der Waals surface area contributed by atoms with E-state index in [0.29, 0.717) is 18.5 Å². The van der Waals surface area contributed by atoms with Gasteiger partial charge in [0.05, 0.1) is 6.54 Å². The third-order valence-electron chi connectivity index (χ3n) is 2.57. The van der Waals surface area contributed by atoms with Crippen molar-refractivity contribution in [3.05, 3.63) is 35.7 Å². The lowest BCUT2D eigenvalue weighted by Gasteiger charge is -2.07. The Kier molecular flexibility index (Phi) is 4.30. The Hall–Kier alpha value is -1.88. The monoisotopic (exact) mass is 246 g/mol. The van der Waals surface area contributed by atoms with Crippen LogP contribution in [0.15, 0.2) is 28.7 Å². The maximum atomic E-state index is 5.47. The maximum absolute atomic E-state index is 5.47. The number of aromatic nitrogens is 2. The fourth-order valence-electron chi connectivity index (χ4n) is 1.77. The molecule has 0 saturated heterocycles. The van der Waals surface area contributed by atoms with Gasteiger partial charge in [-0.2, -0.15) is 0 Å². The molecule has 0 atom stereocenters. The fourth-order valence-corrected chi connectivity index (χ4v) is 1.77. The molecular weight excluding hydrogens is 228 g/mol. The molecule has 2 aromatic rings. The van der Waals surface area contributed by atoms with E-state index in [4.69, 9.17) is 4.42 Å². The van der Waals surface area contributed by atoms with E-state index in [1.807, 2.05) is 25.2 Å². The van der Waals surface area contributed by atoms with Crippen molar-refractivity contribution in [1.29, 1.82) is 0 Å². The molecule has 0 amide bonds. The molecule has 18 heavy (non-hydrogen) atoms. The van der Waals surface area contributed by atoms with Crippen molar-refractivity contribution in [2.45, 2.75) is 26.3 Å². The van der Waals surface area contributed by atoms with Crippen LogP contribution in [0.4, 0.5) is 11.7 Å². The molecule has 0 spiro atoms. The summed E-state index contributed by atoms with van der Waals surface area (Å²) in [7, 11) is 1.84. The van der Waals surface area contributed by atoms with Crippen molar-refractivity contribution in [2.75, 3.05) is 12.4 Å². The van der Waals surface area contributed by atoms with Crippen LogP contribution in [0.5, 0.6) is 0 Å². The SMILES string of the molecule is CCCc1ccccc1Nc1nnc(CNC)o1. The first-order valence-corrected chi connectivity index (χ1v) is 6.15. The van der Waals surface area contributed by atoms with Crippen LogP contribution in [0.3, 0.4) is 0 Å². The van der Waals surface area contributed by atoms with Gasteiger partial charge in [0, 0.05) is 5.69 Å². The van der Waals surface area contributed by atoms with Gasteiger partial charge in [-0.3, -0.25) is 0 Å². The standard InChI is InChI=1S/C13H18N4O/c1-3-6-10-7-4-5-8-11(10)15-13-17-16-12(18-13)9-14-2/h4-5,7-8,14H,3,6,9H2,1-2H3,(H,15,17). The van der Waals surface area contributed by atoms with Gasteiger partial charge in [-0.15, -0.1) is 5.10 Å². The molecule has 0 unspecified atom stereocenters. The van der Waals surface area contributed by atoms with E-state index in [0.717, 1.165) is 18.5 Å². The first kappa shape index (κ1) is 12.6. The van der Waals surface area contributed by atoms with E-state index in [2.05, 4.69) is 33.8 Å². The third-order valence-corrected chi connectivity index (χ3v) is 2.57. The minimum Gasteiger partial charge on any atom is -0.406 e. The van der Waals surface area contributed by atoms with E-state index < -0.39 is 0 Å². The molecule has 1 heterocycles. The van der Waals surface area contributed by atoms with Gasteiger partial charge in [0.1, 0.15) is 0 Å². The predicted molar refractivity (Wildman–Crippen MR) is 70.8 cm³/mol. The number of rotatable bonds is 6. The number of nitrogens with one attached hydrogen (secondary N) is 2. The van der Waals surface area contributed by atoms with Crippen molar-refractivity contribution in [3.63, 3.8) is 0 Å². The van der Waals surface area contributed by atoms with Gasteiger partial charge in [-0.1, -0.05) is 36.6 Å². The zero-order valence-electron chi connectivity index (χ0n) is 10.7. The highest BCUT2D eigenvalue weighted by atomic mass is 16.4. The van der Waals surface area contributed by atoms with Crippen molar-refractivity contribution in [1.82, 2.24) is 15.5 Å².